The smallest absolute Gasteiger partial charge is 0.313 e. The molecule has 9 heteroatoms. The van der Waals surface area contributed by atoms with Crippen molar-refractivity contribution in [2.24, 2.45) is 11.1 Å². The number of nitrogens with zero attached hydrogens (tertiary/aromatic N) is 1. The van der Waals surface area contributed by atoms with Gasteiger partial charge in [-0.1, -0.05) is 11.8 Å². The molecule has 0 aliphatic carbocycles. The molecule has 0 aromatic carbocycles. The molecule has 2 aliphatic rings. The predicted molar refractivity (Wildman–Crippen MR) is 81.5 cm³/mol. The molecule has 1 aromatic rings. The monoisotopic (exact) mass is 342 g/mol. The lowest BCUT2D eigenvalue weighted by molar-refractivity contribution is -0.155. The van der Waals surface area contributed by atoms with E-state index in [9.17, 15) is 19.5 Å². The van der Waals surface area contributed by atoms with E-state index in [4.69, 9.17) is 10.2 Å². The average molecular weight is 342 g/mol. The minimum atomic E-state index is -1.15. The Bertz CT molecular complexity index is 620. The molecule has 2 fully saturated rings. The highest BCUT2D eigenvalue weighted by atomic mass is 32.2. The molecular weight excluding hydrogens is 328 g/mol. The van der Waals surface area contributed by atoms with E-state index in [0.717, 1.165) is 11.8 Å². The number of carboxylic acid groups (broad SMARTS) is 1. The molecule has 0 bridgehead atoms. The van der Waals surface area contributed by atoms with Crippen LogP contribution in [0.2, 0.25) is 0 Å². The van der Waals surface area contributed by atoms with Gasteiger partial charge in [0.1, 0.15) is 16.8 Å². The topological polar surface area (TPSA) is 114 Å². The van der Waals surface area contributed by atoms with E-state index in [1.54, 1.807) is 6.07 Å². The van der Waals surface area contributed by atoms with Crippen molar-refractivity contribution in [1.82, 2.24) is 4.90 Å². The molecule has 0 spiro atoms. The van der Waals surface area contributed by atoms with Crippen molar-refractivity contribution in [3.05, 3.63) is 24.2 Å². The van der Waals surface area contributed by atoms with Crippen LogP contribution in [-0.4, -0.2) is 56.5 Å². The van der Waals surface area contributed by atoms with Crippen LogP contribution in [0.3, 0.4) is 0 Å². The van der Waals surface area contributed by atoms with Crippen molar-refractivity contribution < 1.29 is 23.9 Å². The van der Waals surface area contributed by atoms with Crippen molar-refractivity contribution in [2.75, 3.05) is 18.1 Å². The third kappa shape index (κ3) is 2.42. The molecule has 3 N–H and O–H groups in total. The number of thioether (sulfide) groups is 2. The molecule has 1 amide bonds. The van der Waals surface area contributed by atoms with Crippen LogP contribution < -0.4 is 5.73 Å². The highest BCUT2D eigenvalue weighted by Gasteiger charge is 2.55. The first kappa shape index (κ1) is 15.4. The quantitative estimate of drug-likeness (QED) is 0.759. The molecule has 7 nitrogen and oxygen atoms in total. The number of carbonyl (C=O) groups excluding carboxylic acids is 2. The number of hydrogen-bond acceptors (Lipinski definition) is 7. The molecule has 1 aromatic heterocycles. The second-order valence-electron chi connectivity index (χ2n) is 5.33. The van der Waals surface area contributed by atoms with E-state index in [-0.39, 0.29) is 34.5 Å². The number of hydrogen-bond donors (Lipinski definition) is 2. The molecule has 0 saturated carbocycles. The first-order valence-corrected chi connectivity index (χ1v) is 8.60. The molecule has 2 aliphatic heterocycles. The Morgan fingerprint density at radius 3 is 3.00 bits per heavy atom. The van der Waals surface area contributed by atoms with Crippen LogP contribution >= 0.6 is 23.5 Å². The lowest BCUT2D eigenvalue weighted by Crippen LogP contribution is -2.72. The van der Waals surface area contributed by atoms with Crippen molar-refractivity contribution in [1.29, 1.82) is 0 Å². The number of furan rings is 1. The van der Waals surface area contributed by atoms with Gasteiger partial charge >= 0.3 is 5.97 Å². The number of aliphatic carboxylic acids is 1. The van der Waals surface area contributed by atoms with Crippen LogP contribution in [0.4, 0.5) is 0 Å². The van der Waals surface area contributed by atoms with Gasteiger partial charge in [0, 0.05) is 18.1 Å². The molecule has 2 saturated heterocycles. The van der Waals surface area contributed by atoms with Crippen LogP contribution in [0.5, 0.6) is 0 Å². The van der Waals surface area contributed by atoms with Crippen LogP contribution in [0, 0.1) is 5.41 Å². The summed E-state index contributed by atoms with van der Waals surface area (Å²) < 4.78 is 5.00. The maximum absolute atomic E-state index is 12.0. The Labute approximate surface area is 134 Å². The zero-order valence-corrected chi connectivity index (χ0v) is 13.1. The van der Waals surface area contributed by atoms with Gasteiger partial charge in [-0.15, -0.1) is 11.8 Å². The number of carbonyl (C=O) groups is 3. The van der Waals surface area contributed by atoms with Crippen LogP contribution in [0.25, 0.3) is 0 Å². The van der Waals surface area contributed by atoms with Gasteiger partial charge in [-0.3, -0.25) is 14.4 Å². The first-order valence-electron chi connectivity index (χ1n) is 6.56. The second kappa shape index (κ2) is 5.64. The second-order valence-corrected chi connectivity index (χ2v) is 7.39. The Morgan fingerprint density at radius 1 is 1.59 bits per heavy atom. The van der Waals surface area contributed by atoms with Gasteiger partial charge in [0.15, 0.2) is 5.76 Å². The Hall–Kier alpha value is -1.45. The van der Waals surface area contributed by atoms with Crippen LogP contribution in [-0.2, 0) is 9.59 Å². The Morgan fingerprint density at radius 2 is 2.36 bits per heavy atom. The number of carboxylic acids is 1. The summed E-state index contributed by atoms with van der Waals surface area (Å²) in [5.41, 5.74) is 4.55. The van der Waals surface area contributed by atoms with E-state index in [1.807, 2.05) is 0 Å². The summed E-state index contributed by atoms with van der Waals surface area (Å²) in [5.74, 6) is -0.644. The SMILES string of the molecule is NC1C(=O)N2CC(CSC(=O)c3ccco3)(C(=O)O)CS[C@H]12. The fraction of sp³-hybridized carbons (Fsp3) is 0.462. The molecule has 3 heterocycles. The van der Waals surface area contributed by atoms with Crippen LogP contribution in [0.1, 0.15) is 10.6 Å². The minimum Gasteiger partial charge on any atom is -0.481 e. The van der Waals surface area contributed by atoms with Crippen molar-refractivity contribution >= 4 is 40.5 Å². The zero-order chi connectivity index (χ0) is 15.9. The summed E-state index contributed by atoms with van der Waals surface area (Å²) in [6.07, 6.45) is 1.39. The lowest BCUT2D eigenvalue weighted by atomic mass is 9.89. The van der Waals surface area contributed by atoms with Gasteiger partial charge in [0.25, 0.3) is 5.12 Å². The Balaban J connectivity index is 1.69. The van der Waals surface area contributed by atoms with Crippen LogP contribution in [0.15, 0.2) is 22.8 Å². The molecule has 0 radical (unpaired) electrons. The van der Waals surface area contributed by atoms with Gasteiger partial charge < -0.3 is 20.2 Å². The summed E-state index contributed by atoms with van der Waals surface area (Å²) in [6, 6.07) is 2.59. The third-order valence-corrected chi connectivity index (χ3v) is 6.61. The van der Waals surface area contributed by atoms with Crippen molar-refractivity contribution in [3.8, 4) is 0 Å². The Kier molecular flexibility index (Phi) is 3.96. The fourth-order valence-corrected chi connectivity index (χ4v) is 5.08. The van der Waals surface area contributed by atoms with Gasteiger partial charge in [-0.25, -0.2) is 0 Å². The predicted octanol–water partition coefficient (Wildman–Crippen LogP) is 0.466. The number of fused-ring (bicyclic) bond motifs is 1. The number of nitrogens with two attached hydrogens (primary N) is 1. The molecule has 22 heavy (non-hydrogen) atoms. The first-order chi connectivity index (χ1) is 10.4. The molecule has 118 valence electrons. The summed E-state index contributed by atoms with van der Waals surface area (Å²) in [4.78, 5) is 36.9. The van der Waals surface area contributed by atoms with Crippen molar-refractivity contribution in [2.45, 2.75) is 11.4 Å². The summed E-state index contributed by atoms with van der Waals surface area (Å²) in [7, 11) is 0. The maximum atomic E-state index is 12.0. The van der Waals surface area contributed by atoms with E-state index in [1.165, 1.54) is 29.0 Å². The number of rotatable bonds is 4. The highest BCUT2D eigenvalue weighted by Crippen LogP contribution is 2.43. The van der Waals surface area contributed by atoms with Crippen molar-refractivity contribution in [3.63, 3.8) is 0 Å². The molecular formula is C13H14N2O5S2. The largest absolute Gasteiger partial charge is 0.481 e. The summed E-state index contributed by atoms with van der Waals surface area (Å²) in [5, 5.41) is 9.12. The van der Waals surface area contributed by atoms with E-state index >= 15 is 0 Å². The normalized spacial score (nSPS) is 30.6. The lowest BCUT2D eigenvalue weighted by Gasteiger charge is -2.52. The van der Waals surface area contributed by atoms with Gasteiger partial charge in [0.2, 0.25) is 5.91 Å². The molecule has 2 unspecified atom stereocenters. The van der Waals surface area contributed by atoms with E-state index in [0.29, 0.717) is 5.75 Å². The molecule has 3 rings (SSSR count). The number of amides is 1. The third-order valence-electron chi connectivity index (χ3n) is 3.84. The minimum absolute atomic E-state index is 0.0839. The maximum Gasteiger partial charge on any atom is 0.313 e. The average Bonchev–Trinajstić information content (AvgIpc) is 3.05. The fourth-order valence-electron chi connectivity index (χ4n) is 2.48. The van der Waals surface area contributed by atoms with Gasteiger partial charge in [-0.2, -0.15) is 0 Å². The zero-order valence-electron chi connectivity index (χ0n) is 11.4. The summed E-state index contributed by atoms with van der Waals surface area (Å²) in [6.45, 7) is 0.0883. The summed E-state index contributed by atoms with van der Waals surface area (Å²) >= 11 is 2.26. The van der Waals surface area contributed by atoms with E-state index < -0.39 is 17.4 Å². The molecule has 3 atom stereocenters. The highest BCUT2D eigenvalue weighted by molar-refractivity contribution is 8.14. The van der Waals surface area contributed by atoms with E-state index in [2.05, 4.69) is 0 Å². The standard InChI is InChI=1S/C13H14N2O5S2/c14-8-9(16)15-4-13(12(18)19,5-21-10(8)15)6-22-11(17)7-2-1-3-20-7/h1-3,8,10H,4-6,14H2,(H,18,19)/t8?,10-,13?/m1/s1. The number of β-lactam (4-membered cyclic amide) rings is 1. The van der Waals surface area contributed by atoms with Gasteiger partial charge in [-0.05, 0) is 12.1 Å². The van der Waals surface area contributed by atoms with Gasteiger partial charge in [0.05, 0.1) is 6.26 Å².